The number of nitrogens with one attached hydrogen (secondary N) is 2. The number of aromatic amines is 1. The SMILES string of the molecule is N#Cc1ccc2[nH]cc(Nc3cnccc3C(=O)O)c2c1. The van der Waals surface area contributed by atoms with Crippen molar-refractivity contribution in [3.05, 3.63) is 54.0 Å². The molecule has 3 rings (SSSR count). The van der Waals surface area contributed by atoms with Crippen LogP contribution < -0.4 is 5.32 Å². The third-order valence-corrected chi connectivity index (χ3v) is 3.13. The first-order valence-corrected chi connectivity index (χ1v) is 6.14. The Hall–Kier alpha value is -3.33. The van der Waals surface area contributed by atoms with Crippen molar-refractivity contribution >= 4 is 28.2 Å². The summed E-state index contributed by atoms with van der Waals surface area (Å²) >= 11 is 0. The third-order valence-electron chi connectivity index (χ3n) is 3.13. The fourth-order valence-corrected chi connectivity index (χ4v) is 2.12. The van der Waals surface area contributed by atoms with Crippen molar-refractivity contribution in [2.75, 3.05) is 5.32 Å². The minimum Gasteiger partial charge on any atom is -0.478 e. The van der Waals surface area contributed by atoms with Crippen molar-refractivity contribution in [2.45, 2.75) is 0 Å². The maximum Gasteiger partial charge on any atom is 0.337 e. The number of carboxylic acid groups (broad SMARTS) is 1. The number of H-pyrrole nitrogens is 1. The molecule has 0 bridgehead atoms. The van der Waals surface area contributed by atoms with E-state index in [9.17, 15) is 9.90 Å². The van der Waals surface area contributed by atoms with E-state index >= 15 is 0 Å². The van der Waals surface area contributed by atoms with Gasteiger partial charge in [0.1, 0.15) is 0 Å². The molecule has 3 aromatic rings. The summed E-state index contributed by atoms with van der Waals surface area (Å²) in [6.45, 7) is 0. The number of hydrogen-bond acceptors (Lipinski definition) is 4. The minimum absolute atomic E-state index is 0.135. The van der Waals surface area contributed by atoms with Crippen LogP contribution >= 0.6 is 0 Å². The molecule has 1 aromatic carbocycles. The second kappa shape index (κ2) is 4.98. The topological polar surface area (TPSA) is 102 Å². The molecule has 0 saturated carbocycles. The summed E-state index contributed by atoms with van der Waals surface area (Å²) in [4.78, 5) is 18.2. The van der Waals surface area contributed by atoms with Crippen LogP contribution in [-0.2, 0) is 0 Å². The average Bonchev–Trinajstić information content (AvgIpc) is 2.90. The summed E-state index contributed by atoms with van der Waals surface area (Å²) in [6, 6.07) is 8.78. The van der Waals surface area contributed by atoms with Crippen molar-refractivity contribution < 1.29 is 9.90 Å². The first kappa shape index (κ1) is 12.7. The molecule has 0 aliphatic rings. The number of carbonyl (C=O) groups is 1. The molecule has 6 heteroatoms. The quantitative estimate of drug-likeness (QED) is 0.683. The summed E-state index contributed by atoms with van der Waals surface area (Å²) in [5.41, 5.74) is 2.62. The Morgan fingerprint density at radius 3 is 2.95 bits per heavy atom. The van der Waals surface area contributed by atoms with Gasteiger partial charge in [-0.2, -0.15) is 5.26 Å². The van der Waals surface area contributed by atoms with E-state index in [-0.39, 0.29) is 5.56 Å². The molecule has 0 aliphatic carbocycles. The molecule has 2 aromatic heterocycles. The van der Waals surface area contributed by atoms with Crippen LogP contribution in [0.1, 0.15) is 15.9 Å². The van der Waals surface area contributed by atoms with Crippen LogP contribution in [-0.4, -0.2) is 21.0 Å². The van der Waals surface area contributed by atoms with E-state index < -0.39 is 5.97 Å². The van der Waals surface area contributed by atoms with E-state index in [2.05, 4.69) is 21.4 Å². The Bertz CT molecular complexity index is 877. The lowest BCUT2D eigenvalue weighted by Gasteiger charge is -2.07. The molecule has 0 amide bonds. The smallest absolute Gasteiger partial charge is 0.337 e. The number of anilines is 2. The molecule has 0 saturated heterocycles. The van der Waals surface area contributed by atoms with Crippen LogP contribution in [0, 0.1) is 11.3 Å². The van der Waals surface area contributed by atoms with Gasteiger partial charge in [0, 0.05) is 23.3 Å². The highest BCUT2D eigenvalue weighted by Gasteiger charge is 2.12. The van der Waals surface area contributed by atoms with Gasteiger partial charge in [0.15, 0.2) is 0 Å². The Morgan fingerprint density at radius 2 is 2.19 bits per heavy atom. The number of aromatic nitrogens is 2. The van der Waals surface area contributed by atoms with Gasteiger partial charge in [0.2, 0.25) is 0 Å². The summed E-state index contributed by atoms with van der Waals surface area (Å²) in [7, 11) is 0. The van der Waals surface area contributed by atoms with Crippen LogP contribution in [0.4, 0.5) is 11.4 Å². The zero-order chi connectivity index (χ0) is 14.8. The van der Waals surface area contributed by atoms with Crippen molar-refractivity contribution in [1.82, 2.24) is 9.97 Å². The number of hydrogen-bond donors (Lipinski definition) is 3. The van der Waals surface area contributed by atoms with E-state index in [4.69, 9.17) is 5.26 Å². The second-order valence-electron chi connectivity index (χ2n) is 4.43. The molecule has 0 fully saturated rings. The van der Waals surface area contributed by atoms with E-state index in [1.165, 1.54) is 18.5 Å². The Morgan fingerprint density at radius 1 is 1.33 bits per heavy atom. The van der Waals surface area contributed by atoms with E-state index in [0.717, 1.165) is 10.9 Å². The van der Waals surface area contributed by atoms with Gasteiger partial charge in [-0.3, -0.25) is 4.98 Å². The fourth-order valence-electron chi connectivity index (χ4n) is 2.12. The van der Waals surface area contributed by atoms with E-state index in [1.807, 2.05) is 0 Å². The Balaban J connectivity index is 2.07. The van der Waals surface area contributed by atoms with Gasteiger partial charge < -0.3 is 15.4 Å². The van der Waals surface area contributed by atoms with Crippen molar-refractivity contribution in [2.24, 2.45) is 0 Å². The lowest BCUT2D eigenvalue weighted by atomic mass is 10.1. The normalized spacial score (nSPS) is 10.2. The van der Waals surface area contributed by atoms with Crippen LogP contribution in [0.5, 0.6) is 0 Å². The van der Waals surface area contributed by atoms with Gasteiger partial charge in [0.05, 0.1) is 34.8 Å². The number of fused-ring (bicyclic) bond motifs is 1. The highest BCUT2D eigenvalue weighted by molar-refractivity contribution is 5.99. The molecule has 102 valence electrons. The molecule has 6 nitrogen and oxygen atoms in total. The molecular weight excluding hydrogens is 268 g/mol. The maximum absolute atomic E-state index is 11.2. The fraction of sp³-hybridized carbons (Fsp3) is 0. The monoisotopic (exact) mass is 278 g/mol. The molecule has 2 heterocycles. The zero-order valence-corrected chi connectivity index (χ0v) is 10.8. The van der Waals surface area contributed by atoms with Gasteiger partial charge in [-0.05, 0) is 24.3 Å². The summed E-state index contributed by atoms with van der Waals surface area (Å²) < 4.78 is 0. The molecule has 21 heavy (non-hydrogen) atoms. The first-order valence-electron chi connectivity index (χ1n) is 6.14. The van der Waals surface area contributed by atoms with Gasteiger partial charge in [-0.1, -0.05) is 0 Å². The maximum atomic E-state index is 11.2. The lowest BCUT2D eigenvalue weighted by molar-refractivity contribution is 0.0698. The average molecular weight is 278 g/mol. The highest BCUT2D eigenvalue weighted by Crippen LogP contribution is 2.28. The predicted molar refractivity (Wildman–Crippen MR) is 77.5 cm³/mol. The highest BCUT2D eigenvalue weighted by atomic mass is 16.4. The lowest BCUT2D eigenvalue weighted by Crippen LogP contribution is -2.02. The largest absolute Gasteiger partial charge is 0.478 e. The van der Waals surface area contributed by atoms with Gasteiger partial charge in [-0.15, -0.1) is 0 Å². The van der Waals surface area contributed by atoms with Gasteiger partial charge >= 0.3 is 5.97 Å². The second-order valence-corrected chi connectivity index (χ2v) is 4.43. The molecule has 3 N–H and O–H groups in total. The van der Waals surface area contributed by atoms with Crippen LogP contribution in [0.3, 0.4) is 0 Å². The standard InChI is InChI=1S/C15H10N4O2/c16-6-9-1-2-12-11(5-9)14(8-18-12)19-13-7-17-4-3-10(13)15(20)21/h1-5,7-8,18-19H,(H,20,21). The van der Waals surface area contributed by atoms with Crippen LogP contribution in [0.2, 0.25) is 0 Å². The van der Waals surface area contributed by atoms with Gasteiger partial charge in [-0.25, -0.2) is 4.79 Å². The Kier molecular flexibility index (Phi) is 3.01. The van der Waals surface area contributed by atoms with Gasteiger partial charge in [0.25, 0.3) is 0 Å². The predicted octanol–water partition coefficient (Wildman–Crippen LogP) is 2.88. The third kappa shape index (κ3) is 2.28. The van der Waals surface area contributed by atoms with Crippen molar-refractivity contribution in [3.63, 3.8) is 0 Å². The molecule has 0 atom stereocenters. The molecule has 0 radical (unpaired) electrons. The summed E-state index contributed by atoms with van der Waals surface area (Å²) in [5.74, 6) is -1.03. The molecule has 0 spiro atoms. The van der Waals surface area contributed by atoms with E-state index in [0.29, 0.717) is 16.9 Å². The van der Waals surface area contributed by atoms with E-state index in [1.54, 1.807) is 24.4 Å². The van der Waals surface area contributed by atoms with Crippen molar-refractivity contribution in [1.29, 1.82) is 5.26 Å². The number of rotatable bonds is 3. The molecular formula is C15H10N4O2. The Labute approximate surface area is 119 Å². The molecule has 0 aliphatic heterocycles. The zero-order valence-electron chi connectivity index (χ0n) is 10.8. The van der Waals surface area contributed by atoms with Crippen LogP contribution in [0.15, 0.2) is 42.9 Å². The summed E-state index contributed by atoms with van der Waals surface area (Å²) in [5, 5.41) is 22.0. The molecule has 0 unspecified atom stereocenters. The number of nitrogens with zero attached hydrogens (tertiary/aromatic N) is 2. The summed E-state index contributed by atoms with van der Waals surface area (Å²) in [6.07, 6.45) is 4.61. The van der Waals surface area contributed by atoms with Crippen LogP contribution in [0.25, 0.3) is 10.9 Å². The minimum atomic E-state index is -1.03. The van der Waals surface area contributed by atoms with Crippen molar-refractivity contribution in [3.8, 4) is 6.07 Å². The number of nitriles is 1. The number of benzene rings is 1. The number of aromatic carboxylic acids is 1. The number of pyridine rings is 1. The first-order chi connectivity index (χ1) is 10.2. The number of carboxylic acids is 1.